The van der Waals surface area contributed by atoms with Crippen LogP contribution in [-0.4, -0.2) is 47.5 Å². The van der Waals surface area contributed by atoms with E-state index in [4.69, 9.17) is 14.3 Å². The summed E-state index contributed by atoms with van der Waals surface area (Å²) in [7, 11) is 1.43. The third-order valence-electron chi connectivity index (χ3n) is 4.71. The summed E-state index contributed by atoms with van der Waals surface area (Å²) in [6, 6.07) is 13.0. The van der Waals surface area contributed by atoms with Gasteiger partial charge in [0, 0.05) is 12.8 Å². The molecule has 2 aromatic carbocycles. The number of aromatic hydroxyl groups is 1. The second kappa shape index (κ2) is 11.4. The molecule has 0 aliphatic carbocycles. The second-order valence-electron chi connectivity index (χ2n) is 7.11. The van der Waals surface area contributed by atoms with Crippen molar-refractivity contribution in [2.75, 3.05) is 13.7 Å². The van der Waals surface area contributed by atoms with E-state index in [0.717, 1.165) is 5.56 Å². The zero-order chi connectivity index (χ0) is 22.9. The van der Waals surface area contributed by atoms with E-state index in [1.807, 2.05) is 30.3 Å². The fourth-order valence-electron chi connectivity index (χ4n) is 3.04. The lowest BCUT2D eigenvalue weighted by Gasteiger charge is -2.20. The largest absolute Gasteiger partial charge is 0.504 e. The van der Waals surface area contributed by atoms with Gasteiger partial charge in [-0.15, -0.1) is 0 Å². The van der Waals surface area contributed by atoms with Crippen LogP contribution >= 0.6 is 15.9 Å². The summed E-state index contributed by atoms with van der Waals surface area (Å²) in [6.45, 7) is 0.308. The van der Waals surface area contributed by atoms with Gasteiger partial charge in [0.25, 0.3) is 0 Å². The van der Waals surface area contributed by atoms with Gasteiger partial charge in [-0.1, -0.05) is 41.6 Å². The van der Waals surface area contributed by atoms with Crippen molar-refractivity contribution >= 4 is 32.6 Å². The first-order valence-electron chi connectivity index (χ1n) is 9.93. The molecule has 0 bridgehead atoms. The van der Waals surface area contributed by atoms with Crippen molar-refractivity contribution < 1.29 is 29.0 Å². The van der Waals surface area contributed by atoms with E-state index in [9.17, 15) is 14.7 Å². The topological polar surface area (TPSA) is 118 Å². The van der Waals surface area contributed by atoms with Gasteiger partial charge in [-0.25, -0.2) is 4.79 Å². The van der Waals surface area contributed by atoms with E-state index in [1.54, 1.807) is 12.1 Å². The second-order valence-corrected chi connectivity index (χ2v) is 8.03. The number of carbonyl (C=O) groups excluding carboxylic acids is 2. The summed E-state index contributed by atoms with van der Waals surface area (Å²) in [4.78, 5) is 30.4. The van der Waals surface area contributed by atoms with Gasteiger partial charge in [0.15, 0.2) is 17.6 Å². The number of ether oxygens (including phenoxy) is 2. The molecule has 0 fully saturated rings. The average molecular weight is 506 g/mol. The third-order valence-corrected chi connectivity index (χ3v) is 5.17. The number of halogens is 1. The molecule has 32 heavy (non-hydrogen) atoms. The minimum Gasteiger partial charge on any atom is -0.504 e. The molecule has 9 nitrogen and oxygen atoms in total. The molecule has 2 aromatic rings. The number of rotatable bonds is 9. The highest BCUT2D eigenvalue weighted by Crippen LogP contribution is 2.26. The maximum atomic E-state index is 12.9. The van der Waals surface area contributed by atoms with Crippen LogP contribution in [0, 0.1) is 0 Å². The van der Waals surface area contributed by atoms with Crippen LogP contribution < -0.4 is 15.4 Å². The van der Waals surface area contributed by atoms with E-state index in [0.29, 0.717) is 16.6 Å². The molecule has 2 amide bonds. The molecule has 1 aliphatic rings. The Kier molecular flexibility index (Phi) is 8.32. The van der Waals surface area contributed by atoms with Crippen molar-refractivity contribution in [1.29, 1.82) is 0 Å². The Balaban J connectivity index is 1.63. The number of phenols is 1. The van der Waals surface area contributed by atoms with Gasteiger partial charge in [-0.3, -0.25) is 4.79 Å². The number of amides is 2. The van der Waals surface area contributed by atoms with E-state index in [-0.39, 0.29) is 37.2 Å². The fraction of sp³-hybridized carbons (Fsp3) is 0.318. The van der Waals surface area contributed by atoms with E-state index in [1.165, 1.54) is 13.2 Å². The number of phenolic OH excluding ortho intramolecular Hbond substituents is 1. The summed E-state index contributed by atoms with van der Waals surface area (Å²) in [5.41, 5.74) is 1.52. The van der Waals surface area contributed by atoms with Gasteiger partial charge in [0.05, 0.1) is 13.7 Å². The summed E-state index contributed by atoms with van der Waals surface area (Å²) in [5, 5.41) is 19.0. The lowest BCUT2D eigenvalue weighted by atomic mass is 10.0. The Labute approximate surface area is 193 Å². The minimum absolute atomic E-state index is 0.0172. The van der Waals surface area contributed by atoms with Crippen LogP contribution in [0.4, 0.5) is 4.79 Å². The molecule has 3 rings (SSSR count). The number of benzene rings is 2. The highest BCUT2D eigenvalue weighted by molar-refractivity contribution is 9.18. The standard InChI is InChI=1S/C22H24BrN3O6/c1-30-19-10-15(7-8-18(19)27)9-17(21(28)24-12-16-11-20(23)26-32-16)25-22(29)31-13-14-5-3-2-4-6-14/h2-8,10,16-17,27H,9,11-13H2,1H3,(H,24,28)(H,25,29)/t16?,17-/m0/s1. The normalized spacial score (nSPS) is 15.8. The first-order valence-corrected chi connectivity index (χ1v) is 10.7. The van der Waals surface area contributed by atoms with Gasteiger partial charge in [0.2, 0.25) is 5.91 Å². The lowest BCUT2D eigenvalue weighted by molar-refractivity contribution is -0.123. The molecule has 0 saturated carbocycles. The quantitative estimate of drug-likeness (QED) is 0.482. The number of carbonyl (C=O) groups is 2. The van der Waals surface area contributed by atoms with Crippen LogP contribution in [0.25, 0.3) is 0 Å². The predicted molar refractivity (Wildman–Crippen MR) is 121 cm³/mol. The zero-order valence-electron chi connectivity index (χ0n) is 17.4. The molecule has 1 unspecified atom stereocenters. The molecule has 1 aliphatic heterocycles. The Morgan fingerprint density at radius 1 is 1.25 bits per heavy atom. The molecule has 0 saturated heterocycles. The lowest BCUT2D eigenvalue weighted by Crippen LogP contribution is -2.49. The van der Waals surface area contributed by atoms with Gasteiger partial charge in [-0.05, 0) is 39.2 Å². The van der Waals surface area contributed by atoms with E-state index in [2.05, 4.69) is 31.7 Å². The van der Waals surface area contributed by atoms with Crippen LogP contribution in [0.5, 0.6) is 11.5 Å². The first kappa shape index (κ1) is 23.4. The van der Waals surface area contributed by atoms with Gasteiger partial charge in [-0.2, -0.15) is 0 Å². The van der Waals surface area contributed by atoms with Crippen molar-refractivity contribution in [3.8, 4) is 11.5 Å². The van der Waals surface area contributed by atoms with Gasteiger partial charge >= 0.3 is 6.09 Å². The summed E-state index contributed by atoms with van der Waals surface area (Å²) < 4.78 is 11.1. The van der Waals surface area contributed by atoms with Crippen LogP contribution in [0.3, 0.4) is 0 Å². The number of hydrogen-bond acceptors (Lipinski definition) is 7. The maximum Gasteiger partial charge on any atom is 0.408 e. The molecular formula is C22H24BrN3O6. The maximum absolute atomic E-state index is 12.9. The molecule has 0 spiro atoms. The number of nitrogens with one attached hydrogen (secondary N) is 2. The van der Waals surface area contributed by atoms with E-state index < -0.39 is 18.0 Å². The average Bonchev–Trinajstić information content (AvgIpc) is 3.22. The molecular weight excluding hydrogens is 482 g/mol. The predicted octanol–water partition coefficient (Wildman–Crippen LogP) is 2.85. The van der Waals surface area contributed by atoms with Crippen molar-refractivity contribution in [2.24, 2.45) is 5.16 Å². The third kappa shape index (κ3) is 6.88. The van der Waals surface area contributed by atoms with Crippen LogP contribution in [0.1, 0.15) is 17.5 Å². The Hall–Kier alpha value is -3.27. The molecule has 2 atom stereocenters. The first-order chi connectivity index (χ1) is 15.4. The van der Waals surface area contributed by atoms with Gasteiger partial charge in [0.1, 0.15) is 17.3 Å². The van der Waals surface area contributed by atoms with Crippen molar-refractivity contribution in [1.82, 2.24) is 10.6 Å². The fourth-order valence-corrected chi connectivity index (χ4v) is 3.49. The zero-order valence-corrected chi connectivity index (χ0v) is 19.0. The van der Waals surface area contributed by atoms with Crippen LogP contribution in [0.2, 0.25) is 0 Å². The molecule has 1 heterocycles. The minimum atomic E-state index is -0.918. The van der Waals surface area contributed by atoms with Crippen molar-refractivity contribution in [3.05, 3.63) is 59.7 Å². The highest BCUT2D eigenvalue weighted by Gasteiger charge is 2.25. The van der Waals surface area contributed by atoms with E-state index >= 15 is 0 Å². The summed E-state index contributed by atoms with van der Waals surface area (Å²) in [5.74, 6) is -0.147. The van der Waals surface area contributed by atoms with Crippen molar-refractivity contribution in [3.63, 3.8) is 0 Å². The molecule has 0 radical (unpaired) electrons. The Bertz CT molecular complexity index is 969. The van der Waals surface area contributed by atoms with Crippen molar-refractivity contribution in [2.45, 2.75) is 31.6 Å². The SMILES string of the molecule is COc1cc(C[C@H](NC(=O)OCc2ccccc2)C(=O)NCC2CC(Br)=NO2)ccc1O. The van der Waals surface area contributed by atoms with Crippen LogP contribution in [0.15, 0.2) is 53.7 Å². The molecule has 10 heteroatoms. The summed E-state index contributed by atoms with van der Waals surface area (Å²) in [6.07, 6.45) is -0.294. The monoisotopic (exact) mass is 505 g/mol. The van der Waals surface area contributed by atoms with Crippen LogP contribution in [-0.2, 0) is 27.4 Å². The Morgan fingerprint density at radius 3 is 2.72 bits per heavy atom. The number of hydrogen-bond donors (Lipinski definition) is 3. The number of alkyl carbamates (subject to hydrolysis) is 1. The smallest absolute Gasteiger partial charge is 0.408 e. The highest BCUT2D eigenvalue weighted by atomic mass is 79.9. The molecule has 0 aromatic heterocycles. The number of oxime groups is 1. The van der Waals surface area contributed by atoms with Gasteiger partial charge < -0.3 is 30.1 Å². The Morgan fingerprint density at radius 2 is 2.03 bits per heavy atom. The molecule has 3 N–H and O–H groups in total. The number of methoxy groups -OCH3 is 1. The molecule has 170 valence electrons. The number of nitrogens with zero attached hydrogens (tertiary/aromatic N) is 1. The summed E-state index contributed by atoms with van der Waals surface area (Å²) >= 11 is 3.25.